The first kappa shape index (κ1) is 10.7. The van der Waals surface area contributed by atoms with Crippen LogP contribution >= 0.6 is 0 Å². The van der Waals surface area contributed by atoms with Crippen LogP contribution in [-0.4, -0.2) is 42.8 Å². The van der Waals surface area contributed by atoms with Crippen LogP contribution in [0.1, 0.15) is 26.7 Å². The minimum Gasteiger partial charge on any atom is -0.447 e. The molecule has 15 heavy (non-hydrogen) atoms. The normalized spacial score (nSPS) is 30.5. The molecular weight excluding hydrogens is 192 g/mol. The molecule has 0 radical (unpaired) electrons. The fraction of sp³-hybridized carbons (Fsp3) is 0.909. The lowest BCUT2D eigenvalue weighted by molar-refractivity contribution is 0.0823. The Morgan fingerprint density at radius 2 is 2.27 bits per heavy atom. The number of carbonyl (C=O) groups excluding carboxylic acids is 1. The highest BCUT2D eigenvalue weighted by molar-refractivity contribution is 5.68. The Morgan fingerprint density at radius 3 is 2.93 bits per heavy atom. The lowest BCUT2D eigenvalue weighted by Gasteiger charge is -2.24. The van der Waals surface area contributed by atoms with Crippen molar-refractivity contribution < 1.29 is 9.53 Å². The third-order valence-corrected chi connectivity index (χ3v) is 3.19. The van der Waals surface area contributed by atoms with E-state index in [9.17, 15) is 4.79 Å². The van der Waals surface area contributed by atoms with Crippen LogP contribution in [0.2, 0.25) is 0 Å². The van der Waals surface area contributed by atoms with Gasteiger partial charge in [0, 0.05) is 19.1 Å². The van der Waals surface area contributed by atoms with Crippen molar-refractivity contribution in [2.24, 2.45) is 5.92 Å². The van der Waals surface area contributed by atoms with Gasteiger partial charge in [-0.1, -0.05) is 0 Å². The van der Waals surface area contributed by atoms with Gasteiger partial charge < -0.3 is 15.0 Å². The van der Waals surface area contributed by atoms with E-state index in [0.29, 0.717) is 12.0 Å². The molecule has 0 aliphatic carbocycles. The summed E-state index contributed by atoms with van der Waals surface area (Å²) in [5.41, 5.74) is 0. The molecule has 0 aromatic carbocycles. The molecule has 0 saturated carbocycles. The van der Waals surface area contributed by atoms with Gasteiger partial charge in [-0.3, -0.25) is 0 Å². The molecule has 2 fully saturated rings. The Labute approximate surface area is 91.0 Å². The van der Waals surface area contributed by atoms with Crippen LogP contribution in [-0.2, 0) is 4.74 Å². The summed E-state index contributed by atoms with van der Waals surface area (Å²) < 4.78 is 5.20. The quantitative estimate of drug-likeness (QED) is 0.710. The third-order valence-electron chi connectivity index (χ3n) is 3.19. The van der Waals surface area contributed by atoms with Crippen LogP contribution in [0.25, 0.3) is 0 Å². The van der Waals surface area contributed by atoms with Crippen molar-refractivity contribution in [3.63, 3.8) is 0 Å². The second-order valence-electron chi connectivity index (χ2n) is 4.80. The molecule has 4 nitrogen and oxygen atoms in total. The number of nitrogens with one attached hydrogen (secondary N) is 1. The van der Waals surface area contributed by atoms with E-state index >= 15 is 0 Å². The summed E-state index contributed by atoms with van der Waals surface area (Å²) in [6.07, 6.45) is 2.30. The van der Waals surface area contributed by atoms with Crippen LogP contribution in [0.5, 0.6) is 0 Å². The topological polar surface area (TPSA) is 41.6 Å². The zero-order valence-corrected chi connectivity index (χ0v) is 9.53. The standard InChI is InChI=1S/C11H20N2O2/c1-8(2)15-11(14)13-6-9-4-3-5-12-10(9)7-13/h8-10,12H,3-7H2,1-2H3/t9-,10+/m0/s1. The molecule has 0 bridgehead atoms. The summed E-state index contributed by atoms with van der Waals surface area (Å²) in [6, 6.07) is 0.499. The summed E-state index contributed by atoms with van der Waals surface area (Å²) in [5, 5.41) is 3.47. The molecule has 0 aromatic heterocycles. The highest BCUT2D eigenvalue weighted by atomic mass is 16.6. The van der Waals surface area contributed by atoms with Gasteiger partial charge in [0.15, 0.2) is 0 Å². The molecule has 0 spiro atoms. The van der Waals surface area contributed by atoms with E-state index in [1.807, 2.05) is 18.7 Å². The molecule has 2 rings (SSSR count). The van der Waals surface area contributed by atoms with Gasteiger partial charge in [-0.05, 0) is 39.2 Å². The highest BCUT2D eigenvalue weighted by Crippen LogP contribution is 2.25. The van der Waals surface area contributed by atoms with E-state index in [1.165, 1.54) is 12.8 Å². The summed E-state index contributed by atoms with van der Waals surface area (Å²) in [6.45, 7) is 6.55. The molecule has 2 aliphatic heterocycles. The lowest BCUT2D eigenvalue weighted by Crippen LogP contribution is -2.41. The van der Waals surface area contributed by atoms with Gasteiger partial charge in [0.1, 0.15) is 0 Å². The van der Waals surface area contributed by atoms with Gasteiger partial charge in [-0.15, -0.1) is 0 Å². The van der Waals surface area contributed by atoms with Crippen LogP contribution in [0.15, 0.2) is 0 Å². The molecule has 0 unspecified atom stereocenters. The first-order valence-electron chi connectivity index (χ1n) is 5.86. The van der Waals surface area contributed by atoms with Crippen LogP contribution in [0.4, 0.5) is 4.79 Å². The minimum atomic E-state index is -0.152. The largest absolute Gasteiger partial charge is 0.447 e. The summed E-state index contributed by atoms with van der Waals surface area (Å²) in [4.78, 5) is 13.5. The van der Waals surface area contributed by atoms with E-state index < -0.39 is 0 Å². The third kappa shape index (κ3) is 2.43. The van der Waals surface area contributed by atoms with E-state index in [1.54, 1.807) is 0 Å². The Kier molecular flexibility index (Phi) is 3.14. The number of piperidine rings is 1. The van der Waals surface area contributed by atoms with E-state index in [4.69, 9.17) is 4.74 Å². The van der Waals surface area contributed by atoms with E-state index in [-0.39, 0.29) is 12.2 Å². The number of rotatable bonds is 1. The first-order chi connectivity index (χ1) is 7.16. The number of ether oxygens (including phenoxy) is 1. The second kappa shape index (κ2) is 4.39. The molecule has 2 atom stereocenters. The van der Waals surface area contributed by atoms with Gasteiger partial charge in [0.25, 0.3) is 0 Å². The minimum absolute atomic E-state index is 0.0203. The van der Waals surface area contributed by atoms with Gasteiger partial charge >= 0.3 is 6.09 Å². The number of carbonyl (C=O) groups is 1. The van der Waals surface area contributed by atoms with Gasteiger partial charge in [0.05, 0.1) is 6.10 Å². The smallest absolute Gasteiger partial charge is 0.410 e. The fourth-order valence-corrected chi connectivity index (χ4v) is 2.47. The van der Waals surface area contributed by atoms with Crippen LogP contribution < -0.4 is 5.32 Å². The van der Waals surface area contributed by atoms with Crippen LogP contribution in [0.3, 0.4) is 0 Å². The molecule has 86 valence electrons. The maximum Gasteiger partial charge on any atom is 0.410 e. The van der Waals surface area contributed by atoms with Crippen molar-refractivity contribution in [1.29, 1.82) is 0 Å². The molecular formula is C11H20N2O2. The number of nitrogens with zero attached hydrogens (tertiary/aromatic N) is 1. The molecule has 2 heterocycles. The zero-order valence-electron chi connectivity index (χ0n) is 9.53. The van der Waals surface area contributed by atoms with Crippen molar-refractivity contribution in [2.75, 3.05) is 19.6 Å². The number of hydrogen-bond acceptors (Lipinski definition) is 3. The van der Waals surface area contributed by atoms with Crippen molar-refractivity contribution in [3.05, 3.63) is 0 Å². The Morgan fingerprint density at radius 1 is 1.47 bits per heavy atom. The van der Waals surface area contributed by atoms with Crippen LogP contribution in [0, 0.1) is 5.92 Å². The lowest BCUT2D eigenvalue weighted by atomic mass is 9.94. The van der Waals surface area contributed by atoms with Crippen molar-refractivity contribution >= 4 is 6.09 Å². The molecule has 4 heteroatoms. The summed E-state index contributed by atoms with van der Waals surface area (Å²) in [5.74, 6) is 0.637. The monoisotopic (exact) mass is 212 g/mol. The predicted octanol–water partition coefficient (Wildman–Crippen LogP) is 1.22. The maximum absolute atomic E-state index is 11.7. The summed E-state index contributed by atoms with van der Waals surface area (Å²) >= 11 is 0. The van der Waals surface area contributed by atoms with Crippen molar-refractivity contribution in [3.8, 4) is 0 Å². The van der Waals surface area contributed by atoms with E-state index in [2.05, 4.69) is 5.32 Å². The van der Waals surface area contributed by atoms with E-state index in [0.717, 1.165) is 19.6 Å². The SMILES string of the molecule is CC(C)OC(=O)N1C[C@@H]2CCCN[C@@H]2C1. The molecule has 1 N–H and O–H groups in total. The molecule has 1 amide bonds. The maximum atomic E-state index is 11.7. The summed E-state index contributed by atoms with van der Waals surface area (Å²) in [7, 11) is 0. The average Bonchev–Trinajstić information content (AvgIpc) is 2.59. The number of fused-ring (bicyclic) bond motifs is 1. The molecule has 0 aromatic rings. The second-order valence-corrected chi connectivity index (χ2v) is 4.80. The highest BCUT2D eigenvalue weighted by Gasteiger charge is 2.37. The predicted molar refractivity (Wildman–Crippen MR) is 57.7 cm³/mol. The Hall–Kier alpha value is -0.770. The fourth-order valence-electron chi connectivity index (χ4n) is 2.47. The van der Waals surface area contributed by atoms with Gasteiger partial charge in [0.2, 0.25) is 0 Å². The van der Waals surface area contributed by atoms with Gasteiger partial charge in [-0.25, -0.2) is 4.79 Å². The average molecular weight is 212 g/mol. The zero-order chi connectivity index (χ0) is 10.8. The Bertz CT molecular complexity index is 229. The molecule has 2 saturated heterocycles. The number of amides is 1. The number of hydrogen-bond donors (Lipinski definition) is 1. The molecule has 2 aliphatic rings. The van der Waals surface area contributed by atoms with Crippen molar-refractivity contribution in [1.82, 2.24) is 10.2 Å². The van der Waals surface area contributed by atoms with Crippen molar-refractivity contribution in [2.45, 2.75) is 38.8 Å². The Balaban J connectivity index is 1.88. The number of likely N-dealkylation sites (tertiary alicyclic amines) is 1. The first-order valence-corrected chi connectivity index (χ1v) is 5.86. The van der Waals surface area contributed by atoms with Gasteiger partial charge in [-0.2, -0.15) is 0 Å².